The molecule has 20 heavy (non-hydrogen) atoms. The van der Waals surface area contributed by atoms with Crippen LogP contribution in [0, 0.1) is 0 Å². The first kappa shape index (κ1) is 14.3. The number of ether oxygens (including phenoxy) is 1. The van der Waals surface area contributed by atoms with Gasteiger partial charge in [0.1, 0.15) is 11.6 Å². The molecular formula is C13H20N6O. The summed E-state index contributed by atoms with van der Waals surface area (Å²) in [6.45, 7) is 3.93. The summed E-state index contributed by atoms with van der Waals surface area (Å²) in [4.78, 5) is 4.18. The summed E-state index contributed by atoms with van der Waals surface area (Å²) in [5.41, 5.74) is 10.4. The van der Waals surface area contributed by atoms with Gasteiger partial charge in [-0.3, -0.25) is 15.5 Å². The second-order valence-corrected chi connectivity index (χ2v) is 4.83. The van der Waals surface area contributed by atoms with E-state index >= 15 is 0 Å². The lowest BCUT2D eigenvalue weighted by Gasteiger charge is -2.17. The van der Waals surface area contributed by atoms with Gasteiger partial charge in [-0.1, -0.05) is 0 Å². The second-order valence-electron chi connectivity index (χ2n) is 4.83. The van der Waals surface area contributed by atoms with E-state index in [0.29, 0.717) is 11.6 Å². The van der Waals surface area contributed by atoms with Crippen molar-refractivity contribution in [1.82, 2.24) is 20.2 Å². The van der Waals surface area contributed by atoms with E-state index in [1.54, 1.807) is 30.3 Å². The molecule has 0 bridgehead atoms. The fourth-order valence-corrected chi connectivity index (χ4v) is 1.98. The third kappa shape index (κ3) is 2.89. The number of nitrogens with zero attached hydrogens (tertiary/aromatic N) is 3. The Hall–Kier alpha value is -2.12. The van der Waals surface area contributed by atoms with Gasteiger partial charge in [-0.2, -0.15) is 5.10 Å². The average molecular weight is 276 g/mol. The van der Waals surface area contributed by atoms with Crippen LogP contribution in [-0.2, 0) is 7.05 Å². The van der Waals surface area contributed by atoms with Gasteiger partial charge in [0.2, 0.25) is 0 Å². The van der Waals surface area contributed by atoms with Crippen molar-refractivity contribution in [3.05, 3.63) is 35.8 Å². The van der Waals surface area contributed by atoms with E-state index in [4.69, 9.17) is 16.3 Å². The molecule has 0 aliphatic rings. The van der Waals surface area contributed by atoms with E-state index in [9.17, 15) is 0 Å². The molecule has 2 heterocycles. The van der Waals surface area contributed by atoms with Crippen LogP contribution in [0.1, 0.15) is 31.0 Å². The molecule has 2 aromatic rings. The number of nitrogens with one attached hydrogen (secondary N) is 1. The van der Waals surface area contributed by atoms with E-state index in [0.717, 1.165) is 11.1 Å². The molecule has 2 rings (SSSR count). The van der Waals surface area contributed by atoms with Crippen molar-refractivity contribution in [2.75, 3.05) is 5.73 Å². The third-order valence-corrected chi connectivity index (χ3v) is 2.93. The van der Waals surface area contributed by atoms with Gasteiger partial charge in [0.25, 0.3) is 0 Å². The summed E-state index contributed by atoms with van der Waals surface area (Å²) in [7, 11) is 1.78. The van der Waals surface area contributed by atoms with Gasteiger partial charge in [0.15, 0.2) is 0 Å². The summed E-state index contributed by atoms with van der Waals surface area (Å²) < 4.78 is 7.24. The monoisotopic (exact) mass is 276 g/mol. The Labute approximate surface area is 117 Å². The van der Waals surface area contributed by atoms with Crippen LogP contribution in [-0.4, -0.2) is 20.9 Å². The molecule has 7 nitrogen and oxygen atoms in total. The highest BCUT2D eigenvalue weighted by atomic mass is 16.5. The predicted octanol–water partition coefficient (Wildman–Crippen LogP) is 0.737. The predicted molar refractivity (Wildman–Crippen MR) is 76.8 cm³/mol. The third-order valence-electron chi connectivity index (χ3n) is 2.93. The quantitative estimate of drug-likeness (QED) is 0.549. The molecule has 0 radical (unpaired) electrons. The molecule has 0 aliphatic heterocycles. The van der Waals surface area contributed by atoms with Crippen molar-refractivity contribution in [3.63, 3.8) is 0 Å². The Balaban J connectivity index is 2.34. The molecule has 0 aromatic carbocycles. The van der Waals surface area contributed by atoms with Crippen LogP contribution in [0.4, 0.5) is 5.82 Å². The number of nitrogen functional groups attached to an aromatic ring is 1. The summed E-state index contributed by atoms with van der Waals surface area (Å²) in [5.74, 6) is 6.91. The highest BCUT2D eigenvalue weighted by molar-refractivity contribution is 5.45. The van der Waals surface area contributed by atoms with Gasteiger partial charge in [-0.05, 0) is 25.5 Å². The summed E-state index contributed by atoms with van der Waals surface area (Å²) in [6, 6.07) is 1.61. The lowest BCUT2D eigenvalue weighted by molar-refractivity contribution is 0.241. The first-order valence-corrected chi connectivity index (χ1v) is 6.38. The number of aryl methyl sites for hydroxylation is 1. The summed E-state index contributed by atoms with van der Waals surface area (Å²) in [5, 5.41) is 4.13. The molecule has 0 amide bonds. The lowest BCUT2D eigenvalue weighted by atomic mass is 10.0. The van der Waals surface area contributed by atoms with Crippen LogP contribution in [0.15, 0.2) is 24.7 Å². The zero-order valence-corrected chi connectivity index (χ0v) is 11.9. The molecule has 0 saturated heterocycles. The van der Waals surface area contributed by atoms with Crippen LogP contribution in [0.2, 0.25) is 0 Å². The normalized spacial score (nSPS) is 12.7. The van der Waals surface area contributed by atoms with E-state index in [1.165, 1.54) is 0 Å². The minimum Gasteiger partial charge on any atom is -0.489 e. The highest BCUT2D eigenvalue weighted by Gasteiger charge is 2.19. The molecule has 108 valence electrons. The fraction of sp³-hybridized carbons (Fsp3) is 0.385. The Kier molecular flexibility index (Phi) is 4.21. The molecule has 1 unspecified atom stereocenters. The van der Waals surface area contributed by atoms with Gasteiger partial charge in [-0.15, -0.1) is 0 Å². The first-order chi connectivity index (χ1) is 9.52. The van der Waals surface area contributed by atoms with Crippen molar-refractivity contribution >= 4 is 5.82 Å². The standard InChI is InChI=1S/C13H20N6O/c1-8(2)20-10-4-9(5-16-6-10)12(18-15)11-7-17-19(3)13(11)14/h4-8,12,18H,14-15H2,1-3H3. The highest BCUT2D eigenvalue weighted by Crippen LogP contribution is 2.27. The van der Waals surface area contributed by atoms with Crippen molar-refractivity contribution in [2.24, 2.45) is 12.9 Å². The maximum atomic E-state index is 5.99. The zero-order valence-electron chi connectivity index (χ0n) is 11.9. The second kappa shape index (κ2) is 5.89. The lowest BCUT2D eigenvalue weighted by Crippen LogP contribution is -2.29. The average Bonchev–Trinajstić information content (AvgIpc) is 2.72. The molecule has 1 atom stereocenters. The van der Waals surface area contributed by atoms with Crippen molar-refractivity contribution in [3.8, 4) is 5.75 Å². The number of rotatable bonds is 5. The molecule has 2 aromatic heterocycles. The molecule has 0 aliphatic carbocycles. The van der Waals surface area contributed by atoms with Crippen LogP contribution in [0.25, 0.3) is 0 Å². The van der Waals surface area contributed by atoms with Gasteiger partial charge in [0, 0.05) is 18.8 Å². The van der Waals surface area contributed by atoms with Crippen LogP contribution in [0.3, 0.4) is 0 Å². The van der Waals surface area contributed by atoms with E-state index in [-0.39, 0.29) is 12.1 Å². The van der Waals surface area contributed by atoms with Crippen LogP contribution >= 0.6 is 0 Å². The van der Waals surface area contributed by atoms with Gasteiger partial charge >= 0.3 is 0 Å². The largest absolute Gasteiger partial charge is 0.489 e. The number of hydrogen-bond donors (Lipinski definition) is 3. The number of pyridine rings is 1. The maximum Gasteiger partial charge on any atom is 0.138 e. The molecule has 0 fully saturated rings. The van der Waals surface area contributed by atoms with Gasteiger partial charge < -0.3 is 10.5 Å². The molecule has 0 saturated carbocycles. The first-order valence-electron chi connectivity index (χ1n) is 6.38. The topological polar surface area (TPSA) is 104 Å². The maximum absolute atomic E-state index is 5.99. The van der Waals surface area contributed by atoms with Gasteiger partial charge in [0.05, 0.1) is 24.5 Å². The number of aromatic nitrogens is 3. The van der Waals surface area contributed by atoms with Crippen LogP contribution in [0.5, 0.6) is 5.75 Å². The van der Waals surface area contributed by atoms with E-state index in [1.807, 2.05) is 19.9 Å². The number of hydrogen-bond acceptors (Lipinski definition) is 6. The SMILES string of the molecule is CC(C)Oc1cncc(C(NN)c2cnn(C)c2N)c1. The summed E-state index contributed by atoms with van der Waals surface area (Å²) >= 11 is 0. The van der Waals surface area contributed by atoms with E-state index < -0.39 is 0 Å². The smallest absolute Gasteiger partial charge is 0.138 e. The van der Waals surface area contributed by atoms with Crippen molar-refractivity contribution < 1.29 is 4.74 Å². The minimum atomic E-state index is -0.285. The minimum absolute atomic E-state index is 0.0831. The molecule has 0 spiro atoms. The van der Waals surface area contributed by atoms with Crippen molar-refractivity contribution in [1.29, 1.82) is 0 Å². The van der Waals surface area contributed by atoms with Crippen LogP contribution < -0.4 is 21.7 Å². The van der Waals surface area contributed by atoms with E-state index in [2.05, 4.69) is 15.5 Å². The molecular weight excluding hydrogens is 256 g/mol. The van der Waals surface area contributed by atoms with Crippen molar-refractivity contribution in [2.45, 2.75) is 26.0 Å². The molecule has 7 heteroatoms. The van der Waals surface area contributed by atoms with Gasteiger partial charge in [-0.25, -0.2) is 5.43 Å². The number of nitrogens with two attached hydrogens (primary N) is 2. The Morgan fingerprint density at radius 3 is 2.60 bits per heavy atom. The Bertz CT molecular complexity index is 580. The number of hydrazine groups is 1. The Morgan fingerprint density at radius 2 is 2.05 bits per heavy atom. The number of anilines is 1. The summed E-state index contributed by atoms with van der Waals surface area (Å²) in [6.07, 6.45) is 5.17. The zero-order chi connectivity index (χ0) is 14.7. The fourth-order valence-electron chi connectivity index (χ4n) is 1.98. The molecule has 5 N–H and O–H groups in total. The Morgan fingerprint density at radius 1 is 1.30 bits per heavy atom.